The molecule has 0 unspecified atom stereocenters. The van der Waals surface area contributed by atoms with Gasteiger partial charge in [0.2, 0.25) is 5.91 Å². The molecule has 0 aliphatic rings. The monoisotopic (exact) mass is 232 g/mol. The van der Waals surface area contributed by atoms with Crippen LogP contribution in [0.5, 0.6) is 0 Å². The summed E-state index contributed by atoms with van der Waals surface area (Å²) in [5, 5.41) is 2.54. The Morgan fingerprint density at radius 1 is 1.67 bits per heavy atom. The maximum Gasteiger partial charge on any atom is 0.225 e. The number of hydrogen-bond donors (Lipinski definition) is 1. The number of carbonyl (C=O) groups excluding carboxylic acids is 1. The Morgan fingerprint density at radius 2 is 2.25 bits per heavy atom. The van der Waals surface area contributed by atoms with Gasteiger partial charge in [0.1, 0.15) is 0 Å². The van der Waals surface area contributed by atoms with Crippen molar-refractivity contribution in [2.24, 2.45) is 4.99 Å². The molecular weight excluding hydrogens is 220 g/mol. The quantitative estimate of drug-likeness (QED) is 0.584. The minimum absolute atomic E-state index is 0.0237. The van der Waals surface area contributed by atoms with E-state index in [0.29, 0.717) is 11.0 Å². The lowest BCUT2D eigenvalue weighted by atomic mass is 10.2. The van der Waals surface area contributed by atoms with Crippen molar-refractivity contribution < 1.29 is 4.79 Å². The first-order valence-electron chi connectivity index (χ1n) is 3.71. The summed E-state index contributed by atoms with van der Waals surface area (Å²) in [6.07, 6.45) is 1.11. The zero-order chi connectivity index (χ0) is 9.56. The highest BCUT2D eigenvalue weighted by molar-refractivity contribution is 9.11. The van der Waals surface area contributed by atoms with Crippen LogP contribution in [0.25, 0.3) is 0 Å². The van der Waals surface area contributed by atoms with Crippen molar-refractivity contribution in [1.82, 2.24) is 5.32 Å². The van der Waals surface area contributed by atoms with Crippen LogP contribution in [0.2, 0.25) is 0 Å². The fourth-order valence-corrected chi connectivity index (χ4v) is 0.940. The number of nitrogens with one attached hydrogen (secondary N) is 1. The van der Waals surface area contributed by atoms with Gasteiger partial charge >= 0.3 is 0 Å². The van der Waals surface area contributed by atoms with Gasteiger partial charge in [-0.25, -0.2) is 0 Å². The molecule has 0 saturated carbocycles. The van der Waals surface area contributed by atoms with E-state index in [1.807, 2.05) is 6.92 Å². The normalized spacial score (nSPS) is 11.1. The fourth-order valence-electron chi connectivity index (χ4n) is 0.689. The zero-order valence-corrected chi connectivity index (χ0v) is 8.94. The molecule has 0 aromatic rings. The summed E-state index contributed by atoms with van der Waals surface area (Å²) in [6, 6.07) is 0. The Kier molecular flexibility index (Phi) is 5.62. The predicted molar refractivity (Wildman–Crippen MR) is 54.5 cm³/mol. The molecule has 0 aliphatic carbocycles. The van der Waals surface area contributed by atoms with Crippen LogP contribution in [0.4, 0.5) is 0 Å². The van der Waals surface area contributed by atoms with E-state index in [4.69, 9.17) is 0 Å². The molecule has 0 atom stereocenters. The Morgan fingerprint density at radius 3 is 2.58 bits per heavy atom. The lowest BCUT2D eigenvalue weighted by Crippen LogP contribution is -2.20. The fraction of sp³-hybridized carbons (Fsp3) is 0.500. The van der Waals surface area contributed by atoms with E-state index >= 15 is 0 Å². The summed E-state index contributed by atoms with van der Waals surface area (Å²) in [5.41, 5.74) is 0.830. The molecule has 0 bridgehead atoms. The average molecular weight is 233 g/mol. The summed E-state index contributed by atoms with van der Waals surface area (Å²) in [7, 11) is 1.61. The summed E-state index contributed by atoms with van der Waals surface area (Å²) in [4.78, 5) is 15.0. The van der Waals surface area contributed by atoms with Gasteiger partial charge in [-0.05, 0) is 22.4 Å². The molecule has 0 saturated heterocycles. The maximum absolute atomic E-state index is 10.9. The van der Waals surface area contributed by atoms with Gasteiger partial charge in [-0.3, -0.25) is 9.79 Å². The summed E-state index contributed by atoms with van der Waals surface area (Å²) >= 11 is 3.11. The van der Waals surface area contributed by atoms with E-state index in [0.717, 1.165) is 12.1 Å². The smallest absolute Gasteiger partial charge is 0.225 e. The van der Waals surface area contributed by atoms with E-state index in [2.05, 4.69) is 32.8 Å². The topological polar surface area (TPSA) is 41.5 Å². The lowest BCUT2D eigenvalue weighted by Gasteiger charge is -2.01. The Bertz CT molecular complexity index is 211. The van der Waals surface area contributed by atoms with Gasteiger partial charge in [0.05, 0.1) is 11.0 Å². The molecule has 0 aromatic carbocycles. The van der Waals surface area contributed by atoms with E-state index in [1.165, 1.54) is 0 Å². The van der Waals surface area contributed by atoms with Crippen LogP contribution >= 0.6 is 15.9 Å². The molecule has 68 valence electrons. The van der Waals surface area contributed by atoms with Crippen molar-refractivity contribution >= 4 is 27.5 Å². The van der Waals surface area contributed by atoms with E-state index < -0.39 is 0 Å². The molecule has 0 heterocycles. The van der Waals surface area contributed by atoms with Crippen molar-refractivity contribution in [3.05, 3.63) is 11.2 Å². The molecule has 12 heavy (non-hydrogen) atoms. The third-order valence-corrected chi connectivity index (χ3v) is 1.51. The molecule has 0 radical (unpaired) electrons. The number of carbonyl (C=O) groups is 1. The Hall–Kier alpha value is -0.640. The van der Waals surface area contributed by atoms with Crippen molar-refractivity contribution in [2.45, 2.75) is 19.8 Å². The molecule has 1 N–H and O–H groups in total. The van der Waals surface area contributed by atoms with Crippen LogP contribution in [0.1, 0.15) is 19.8 Å². The zero-order valence-electron chi connectivity index (χ0n) is 7.35. The number of hydrogen-bond acceptors (Lipinski definition) is 2. The standard InChI is InChI=1S/C8H13BrN2O/c1-4-7(11-6(2)9)5-8(12)10-3/h2,4-5H2,1,3H3,(H,10,12)/b11-7+. The highest BCUT2D eigenvalue weighted by Crippen LogP contribution is 2.05. The van der Waals surface area contributed by atoms with Gasteiger partial charge in [0.25, 0.3) is 0 Å². The molecule has 1 amide bonds. The minimum Gasteiger partial charge on any atom is -0.359 e. The van der Waals surface area contributed by atoms with Gasteiger partial charge < -0.3 is 5.32 Å². The summed E-state index contributed by atoms with van der Waals surface area (Å²) in [6.45, 7) is 5.53. The number of aliphatic imine (C=N–C) groups is 1. The maximum atomic E-state index is 10.9. The highest BCUT2D eigenvalue weighted by atomic mass is 79.9. The van der Waals surface area contributed by atoms with Crippen LogP contribution in [0, 0.1) is 0 Å². The average Bonchev–Trinajstić information content (AvgIpc) is 2.02. The van der Waals surface area contributed by atoms with Gasteiger partial charge in [-0.2, -0.15) is 0 Å². The molecule has 0 spiro atoms. The summed E-state index contributed by atoms with van der Waals surface area (Å²) < 4.78 is 0.559. The first-order chi connectivity index (χ1) is 5.60. The number of amides is 1. The van der Waals surface area contributed by atoms with Crippen LogP contribution in [0.15, 0.2) is 16.2 Å². The van der Waals surface area contributed by atoms with Crippen LogP contribution in [-0.4, -0.2) is 18.7 Å². The molecule has 0 aliphatic heterocycles. The van der Waals surface area contributed by atoms with Crippen molar-refractivity contribution in [3.63, 3.8) is 0 Å². The van der Waals surface area contributed by atoms with Gasteiger partial charge in [-0.15, -0.1) is 0 Å². The van der Waals surface area contributed by atoms with Gasteiger partial charge in [-0.1, -0.05) is 13.5 Å². The van der Waals surface area contributed by atoms with Gasteiger partial charge in [0.15, 0.2) is 0 Å². The molecule has 0 rings (SSSR count). The second-order valence-corrected chi connectivity index (χ2v) is 3.17. The van der Waals surface area contributed by atoms with Gasteiger partial charge in [0, 0.05) is 12.8 Å². The SMILES string of the molecule is C=C(Br)/N=C(\CC)CC(=O)NC. The third kappa shape index (κ3) is 5.07. The molecule has 3 nitrogen and oxygen atoms in total. The van der Waals surface area contributed by atoms with E-state index in [9.17, 15) is 4.79 Å². The number of nitrogens with zero attached hydrogens (tertiary/aromatic N) is 1. The molecule has 0 fully saturated rings. The number of halogens is 1. The first kappa shape index (κ1) is 11.4. The van der Waals surface area contributed by atoms with Crippen molar-refractivity contribution in [2.75, 3.05) is 7.05 Å². The van der Waals surface area contributed by atoms with Crippen LogP contribution in [-0.2, 0) is 4.79 Å². The van der Waals surface area contributed by atoms with E-state index in [1.54, 1.807) is 7.05 Å². The van der Waals surface area contributed by atoms with Crippen LogP contribution in [0.3, 0.4) is 0 Å². The van der Waals surface area contributed by atoms with Crippen molar-refractivity contribution in [1.29, 1.82) is 0 Å². The lowest BCUT2D eigenvalue weighted by molar-refractivity contribution is -0.119. The molecule has 0 aromatic heterocycles. The minimum atomic E-state index is -0.0237. The number of rotatable bonds is 4. The Balaban J connectivity index is 4.17. The first-order valence-corrected chi connectivity index (χ1v) is 4.50. The second-order valence-electron chi connectivity index (χ2n) is 2.26. The Labute approximate surface area is 81.1 Å². The second kappa shape index (κ2) is 5.94. The third-order valence-electron chi connectivity index (χ3n) is 1.33. The highest BCUT2D eigenvalue weighted by Gasteiger charge is 2.03. The summed E-state index contributed by atoms with van der Waals surface area (Å²) in [5.74, 6) is -0.0237. The van der Waals surface area contributed by atoms with E-state index in [-0.39, 0.29) is 5.91 Å². The van der Waals surface area contributed by atoms with Crippen LogP contribution < -0.4 is 5.32 Å². The molecular formula is C8H13BrN2O. The predicted octanol–water partition coefficient (Wildman–Crippen LogP) is 1.84. The largest absolute Gasteiger partial charge is 0.359 e. The van der Waals surface area contributed by atoms with Crippen molar-refractivity contribution in [3.8, 4) is 0 Å². The molecule has 4 heteroatoms.